The Morgan fingerprint density at radius 3 is 2.72 bits per heavy atom. The van der Waals surface area contributed by atoms with Crippen LogP contribution < -0.4 is 21.7 Å². The van der Waals surface area contributed by atoms with Gasteiger partial charge in [-0.25, -0.2) is 4.79 Å². The van der Waals surface area contributed by atoms with Crippen molar-refractivity contribution in [2.45, 2.75) is 6.42 Å². The summed E-state index contributed by atoms with van der Waals surface area (Å²) in [5, 5.41) is 0. The molecule has 0 amide bonds. The Morgan fingerprint density at radius 1 is 1.33 bits per heavy atom. The number of hydrogen-bond donors (Lipinski definition) is 2. The molecule has 0 spiro atoms. The van der Waals surface area contributed by atoms with Crippen molar-refractivity contribution in [2.24, 2.45) is 19.8 Å². The first kappa shape index (κ1) is 12.4. The quantitative estimate of drug-likeness (QED) is 0.657. The highest BCUT2D eigenvalue weighted by atomic mass is 16.5. The number of aromatic amines is 1. The largest absolute Gasteiger partial charge is 0.465 e. The molecule has 18 heavy (non-hydrogen) atoms. The Kier molecular flexibility index (Phi) is 3.19. The highest BCUT2D eigenvalue weighted by Gasteiger charge is 2.13. The van der Waals surface area contributed by atoms with Gasteiger partial charge in [-0.3, -0.25) is 13.9 Å². The zero-order valence-electron chi connectivity index (χ0n) is 10.3. The Bertz CT molecular complexity index is 681. The summed E-state index contributed by atoms with van der Waals surface area (Å²) in [6.45, 7) is 0.922. The number of rotatable bonds is 4. The third-order valence-corrected chi connectivity index (χ3v) is 2.66. The minimum atomic E-state index is -0.424. The summed E-state index contributed by atoms with van der Waals surface area (Å²) in [6, 6.07) is 0.219. The molecule has 0 atom stereocenters. The maximum atomic E-state index is 11.8. The molecule has 0 fully saturated rings. The molecule has 2 aromatic rings. The predicted molar refractivity (Wildman–Crippen MR) is 65.7 cm³/mol. The van der Waals surface area contributed by atoms with Crippen LogP contribution in [-0.4, -0.2) is 32.3 Å². The third-order valence-electron chi connectivity index (χ3n) is 2.66. The molecule has 3 N–H and O–H groups in total. The van der Waals surface area contributed by atoms with Crippen LogP contribution in [0, 0.1) is 0 Å². The van der Waals surface area contributed by atoms with Gasteiger partial charge in [-0.15, -0.1) is 0 Å². The number of nitrogens with one attached hydrogen (secondary N) is 1. The summed E-state index contributed by atoms with van der Waals surface area (Å²) in [5.41, 5.74) is 5.04. The number of aromatic nitrogens is 4. The summed E-state index contributed by atoms with van der Waals surface area (Å²) in [7, 11) is 2.97. The average Bonchev–Trinajstić information content (AvgIpc) is 2.78. The second kappa shape index (κ2) is 4.65. The van der Waals surface area contributed by atoms with E-state index in [1.165, 1.54) is 11.6 Å². The van der Waals surface area contributed by atoms with Crippen LogP contribution in [0.15, 0.2) is 9.59 Å². The van der Waals surface area contributed by atoms with Gasteiger partial charge in [0.15, 0.2) is 11.2 Å². The van der Waals surface area contributed by atoms with Crippen molar-refractivity contribution in [3.05, 3.63) is 20.8 Å². The van der Waals surface area contributed by atoms with Crippen molar-refractivity contribution in [3.63, 3.8) is 0 Å². The van der Waals surface area contributed by atoms with E-state index >= 15 is 0 Å². The molecule has 0 bridgehead atoms. The Labute approximate surface area is 102 Å². The minimum absolute atomic E-state index is 0.219. The molecule has 8 nitrogen and oxygen atoms in total. The van der Waals surface area contributed by atoms with Gasteiger partial charge in [-0.1, -0.05) is 0 Å². The zero-order chi connectivity index (χ0) is 13.3. The normalized spacial score (nSPS) is 11.1. The van der Waals surface area contributed by atoms with Crippen LogP contribution in [0.5, 0.6) is 6.01 Å². The van der Waals surface area contributed by atoms with Crippen LogP contribution >= 0.6 is 0 Å². The fourth-order valence-corrected chi connectivity index (χ4v) is 1.63. The number of nitrogens with two attached hydrogens (primary N) is 1. The molecule has 0 saturated carbocycles. The van der Waals surface area contributed by atoms with E-state index < -0.39 is 11.2 Å². The number of H-pyrrole nitrogens is 1. The summed E-state index contributed by atoms with van der Waals surface area (Å²) < 4.78 is 7.62. The standard InChI is InChI=1S/C10H15N5O3/c1-14-7-6(8(16)15(2)10(14)17)12-9(13-7)18-5-3-4-11/h3-5,11H2,1-2H3,(H,12,13). The molecule has 2 rings (SSSR count). The van der Waals surface area contributed by atoms with Crippen molar-refractivity contribution in [1.29, 1.82) is 0 Å². The fourth-order valence-electron chi connectivity index (χ4n) is 1.63. The van der Waals surface area contributed by atoms with E-state index in [-0.39, 0.29) is 17.2 Å². The smallest absolute Gasteiger partial charge is 0.332 e. The number of nitrogens with zero attached hydrogens (tertiary/aromatic N) is 3. The van der Waals surface area contributed by atoms with Gasteiger partial charge >= 0.3 is 5.69 Å². The maximum absolute atomic E-state index is 11.8. The number of aryl methyl sites for hydroxylation is 1. The SMILES string of the molecule is Cn1c(=O)c2[nH]c(OCCCN)nc2n(C)c1=O. The van der Waals surface area contributed by atoms with Gasteiger partial charge in [0.2, 0.25) is 0 Å². The van der Waals surface area contributed by atoms with Crippen molar-refractivity contribution < 1.29 is 4.74 Å². The molecular weight excluding hydrogens is 238 g/mol. The first-order chi connectivity index (χ1) is 8.56. The molecule has 0 aliphatic carbocycles. The number of imidazole rings is 1. The molecule has 0 saturated heterocycles. The van der Waals surface area contributed by atoms with Gasteiger partial charge in [-0.2, -0.15) is 4.98 Å². The maximum Gasteiger partial charge on any atom is 0.332 e. The highest BCUT2D eigenvalue weighted by Crippen LogP contribution is 2.10. The minimum Gasteiger partial charge on any atom is -0.465 e. The van der Waals surface area contributed by atoms with Gasteiger partial charge in [0.1, 0.15) is 0 Å². The molecule has 0 unspecified atom stereocenters. The monoisotopic (exact) mass is 253 g/mol. The molecule has 8 heteroatoms. The molecule has 0 aliphatic heterocycles. The van der Waals surface area contributed by atoms with Crippen molar-refractivity contribution in [2.75, 3.05) is 13.2 Å². The second-order valence-corrected chi connectivity index (χ2v) is 3.94. The molecule has 2 heterocycles. The Balaban J connectivity index is 2.51. The zero-order valence-corrected chi connectivity index (χ0v) is 10.3. The lowest BCUT2D eigenvalue weighted by Gasteiger charge is -2.00. The van der Waals surface area contributed by atoms with E-state index in [2.05, 4.69) is 9.97 Å². The fraction of sp³-hybridized carbons (Fsp3) is 0.500. The lowest BCUT2D eigenvalue weighted by molar-refractivity contribution is 0.292. The number of fused-ring (bicyclic) bond motifs is 1. The van der Waals surface area contributed by atoms with Crippen LogP contribution in [0.1, 0.15) is 6.42 Å². The molecule has 2 aromatic heterocycles. The van der Waals surface area contributed by atoms with Gasteiger partial charge < -0.3 is 15.5 Å². The lowest BCUT2D eigenvalue weighted by Crippen LogP contribution is -2.36. The van der Waals surface area contributed by atoms with Gasteiger partial charge in [0.05, 0.1) is 6.61 Å². The van der Waals surface area contributed by atoms with E-state index in [1.807, 2.05) is 0 Å². The van der Waals surface area contributed by atoms with E-state index in [9.17, 15) is 9.59 Å². The Hall–Kier alpha value is -2.09. The molecule has 0 radical (unpaired) electrons. The van der Waals surface area contributed by atoms with E-state index in [1.54, 1.807) is 7.05 Å². The van der Waals surface area contributed by atoms with Gasteiger partial charge in [0.25, 0.3) is 11.6 Å². The van der Waals surface area contributed by atoms with Crippen LogP contribution in [0.4, 0.5) is 0 Å². The number of hydrogen-bond acceptors (Lipinski definition) is 5. The van der Waals surface area contributed by atoms with E-state index in [0.717, 1.165) is 4.57 Å². The van der Waals surface area contributed by atoms with E-state index in [4.69, 9.17) is 10.5 Å². The summed E-state index contributed by atoms with van der Waals surface area (Å²) in [4.78, 5) is 30.4. The number of ether oxygens (including phenoxy) is 1. The van der Waals surface area contributed by atoms with Crippen LogP contribution in [0.3, 0.4) is 0 Å². The molecule has 0 aromatic carbocycles. The van der Waals surface area contributed by atoms with Crippen LogP contribution in [-0.2, 0) is 14.1 Å². The summed E-state index contributed by atoms with van der Waals surface area (Å²) >= 11 is 0. The van der Waals surface area contributed by atoms with Gasteiger partial charge in [0, 0.05) is 14.1 Å². The summed E-state index contributed by atoms with van der Waals surface area (Å²) in [6.07, 6.45) is 0.688. The second-order valence-electron chi connectivity index (χ2n) is 3.94. The van der Waals surface area contributed by atoms with Crippen molar-refractivity contribution in [1.82, 2.24) is 19.1 Å². The topological polar surface area (TPSA) is 108 Å². The Morgan fingerprint density at radius 2 is 2.06 bits per heavy atom. The van der Waals surface area contributed by atoms with E-state index in [0.29, 0.717) is 19.6 Å². The van der Waals surface area contributed by atoms with Crippen molar-refractivity contribution >= 4 is 11.2 Å². The first-order valence-corrected chi connectivity index (χ1v) is 5.55. The lowest BCUT2D eigenvalue weighted by atomic mass is 10.5. The third kappa shape index (κ3) is 1.90. The van der Waals surface area contributed by atoms with Gasteiger partial charge in [-0.05, 0) is 13.0 Å². The van der Waals surface area contributed by atoms with Crippen molar-refractivity contribution in [3.8, 4) is 6.01 Å². The molecule has 98 valence electrons. The molecular formula is C10H15N5O3. The predicted octanol–water partition coefficient (Wildman–Crippen LogP) is -1.31. The van der Waals surface area contributed by atoms with Crippen LogP contribution in [0.2, 0.25) is 0 Å². The molecule has 0 aliphatic rings. The van der Waals surface area contributed by atoms with Crippen LogP contribution in [0.25, 0.3) is 11.2 Å². The summed E-state index contributed by atoms with van der Waals surface area (Å²) in [5.74, 6) is 0. The first-order valence-electron chi connectivity index (χ1n) is 5.55. The highest BCUT2D eigenvalue weighted by molar-refractivity contribution is 5.70. The average molecular weight is 253 g/mol.